The highest BCUT2D eigenvalue weighted by Crippen LogP contribution is 2.36. The van der Waals surface area contributed by atoms with E-state index in [1.54, 1.807) is 0 Å². The number of amides is 1. The molecule has 0 saturated heterocycles. The summed E-state index contributed by atoms with van der Waals surface area (Å²) in [6, 6.07) is 6.30. The van der Waals surface area contributed by atoms with Crippen molar-refractivity contribution in [3.63, 3.8) is 0 Å². The van der Waals surface area contributed by atoms with Gasteiger partial charge in [0.05, 0.1) is 18.9 Å². The van der Waals surface area contributed by atoms with Crippen molar-refractivity contribution in [2.24, 2.45) is 5.41 Å². The molecule has 0 unspecified atom stereocenters. The lowest BCUT2D eigenvalue weighted by Crippen LogP contribution is -2.34. The Balaban J connectivity index is 2.21. The number of anilines is 1. The topological polar surface area (TPSA) is 62.1 Å². The predicted molar refractivity (Wildman–Crippen MR) is 77.3 cm³/mol. The molecular formula is C16H19FN2O2. The highest BCUT2D eigenvalue weighted by atomic mass is 19.1. The van der Waals surface area contributed by atoms with E-state index in [2.05, 4.69) is 11.4 Å². The number of hydrogen-bond donors (Lipinski definition) is 1. The zero-order chi connectivity index (χ0) is 15.3. The number of ether oxygens (including phenoxy) is 1. The number of carbonyl (C=O) groups excluding carboxylic acids is 1. The molecule has 1 saturated carbocycles. The molecule has 1 amide bonds. The Morgan fingerprint density at radius 1 is 1.33 bits per heavy atom. The molecule has 0 radical (unpaired) electrons. The van der Waals surface area contributed by atoms with Crippen molar-refractivity contribution in [1.82, 2.24) is 0 Å². The number of rotatable bonds is 3. The molecule has 4 nitrogen and oxygen atoms in total. The lowest BCUT2D eigenvalue weighted by molar-refractivity contribution is -0.123. The Bertz CT molecular complexity index is 558. The Kier molecular flexibility index (Phi) is 4.79. The maximum Gasteiger partial charge on any atom is 0.244 e. The zero-order valence-corrected chi connectivity index (χ0v) is 12.1. The smallest absolute Gasteiger partial charge is 0.244 e. The van der Waals surface area contributed by atoms with Crippen LogP contribution in [-0.2, 0) is 4.79 Å². The molecule has 0 atom stereocenters. The first-order chi connectivity index (χ1) is 10.1. The van der Waals surface area contributed by atoms with Gasteiger partial charge in [0.15, 0.2) is 0 Å². The van der Waals surface area contributed by atoms with E-state index in [4.69, 9.17) is 4.74 Å². The van der Waals surface area contributed by atoms with Gasteiger partial charge < -0.3 is 10.1 Å². The summed E-state index contributed by atoms with van der Waals surface area (Å²) < 4.78 is 18.8. The van der Waals surface area contributed by atoms with Crippen molar-refractivity contribution >= 4 is 11.6 Å². The molecule has 112 valence electrons. The Morgan fingerprint density at radius 2 is 2.00 bits per heavy atom. The van der Waals surface area contributed by atoms with Crippen LogP contribution in [0.1, 0.15) is 38.5 Å². The van der Waals surface area contributed by atoms with Gasteiger partial charge in [-0.15, -0.1) is 0 Å². The lowest BCUT2D eigenvalue weighted by Gasteiger charge is -2.23. The fourth-order valence-electron chi connectivity index (χ4n) is 2.69. The molecule has 21 heavy (non-hydrogen) atoms. The summed E-state index contributed by atoms with van der Waals surface area (Å²) in [5.41, 5.74) is -0.996. The minimum atomic E-state index is -1.05. The third kappa shape index (κ3) is 3.33. The third-order valence-electron chi connectivity index (χ3n) is 4.03. The van der Waals surface area contributed by atoms with Crippen LogP contribution < -0.4 is 10.1 Å². The van der Waals surface area contributed by atoms with Crippen molar-refractivity contribution in [2.45, 2.75) is 38.5 Å². The van der Waals surface area contributed by atoms with Crippen LogP contribution in [-0.4, -0.2) is 13.0 Å². The first-order valence-corrected chi connectivity index (χ1v) is 7.17. The van der Waals surface area contributed by atoms with Gasteiger partial charge in [-0.05, 0) is 25.0 Å². The van der Waals surface area contributed by atoms with Crippen molar-refractivity contribution in [3.05, 3.63) is 24.0 Å². The summed E-state index contributed by atoms with van der Waals surface area (Å²) in [5, 5.41) is 12.0. The molecule has 0 spiro atoms. The van der Waals surface area contributed by atoms with Gasteiger partial charge in [0.2, 0.25) is 5.91 Å². The van der Waals surface area contributed by atoms with Gasteiger partial charge >= 0.3 is 0 Å². The second-order valence-corrected chi connectivity index (χ2v) is 5.41. The van der Waals surface area contributed by atoms with E-state index in [0.717, 1.165) is 25.7 Å². The first kappa shape index (κ1) is 15.3. The van der Waals surface area contributed by atoms with Crippen molar-refractivity contribution in [1.29, 1.82) is 5.26 Å². The second-order valence-electron chi connectivity index (χ2n) is 5.41. The van der Waals surface area contributed by atoms with Crippen LogP contribution in [0, 0.1) is 22.6 Å². The van der Waals surface area contributed by atoms with Crippen LogP contribution in [0.3, 0.4) is 0 Å². The van der Waals surface area contributed by atoms with Crippen LogP contribution in [0.2, 0.25) is 0 Å². The van der Waals surface area contributed by atoms with Gasteiger partial charge in [0.25, 0.3) is 0 Å². The molecule has 0 aliphatic heterocycles. The van der Waals surface area contributed by atoms with Crippen LogP contribution in [0.25, 0.3) is 0 Å². The molecule has 1 aliphatic carbocycles. The second kappa shape index (κ2) is 6.57. The maximum absolute atomic E-state index is 13.8. The highest BCUT2D eigenvalue weighted by Gasteiger charge is 2.39. The van der Waals surface area contributed by atoms with Gasteiger partial charge in [-0.25, -0.2) is 4.39 Å². The first-order valence-electron chi connectivity index (χ1n) is 7.17. The third-order valence-corrected chi connectivity index (χ3v) is 4.03. The summed E-state index contributed by atoms with van der Waals surface area (Å²) >= 11 is 0. The average molecular weight is 290 g/mol. The molecule has 5 heteroatoms. The number of halogens is 1. The van der Waals surface area contributed by atoms with E-state index in [1.807, 2.05) is 0 Å². The van der Waals surface area contributed by atoms with E-state index >= 15 is 0 Å². The van der Waals surface area contributed by atoms with Crippen LogP contribution in [0.5, 0.6) is 5.75 Å². The molecule has 1 fully saturated rings. The van der Waals surface area contributed by atoms with Gasteiger partial charge in [-0.1, -0.05) is 25.7 Å². The molecule has 0 heterocycles. The predicted octanol–water partition coefficient (Wildman–Crippen LogP) is 3.64. The summed E-state index contributed by atoms with van der Waals surface area (Å²) in [4.78, 5) is 12.5. The minimum absolute atomic E-state index is 0.0539. The van der Waals surface area contributed by atoms with E-state index in [0.29, 0.717) is 18.6 Å². The minimum Gasteiger partial charge on any atom is -0.497 e. The number of hydrogen-bond acceptors (Lipinski definition) is 3. The number of nitriles is 1. The fourth-order valence-corrected chi connectivity index (χ4v) is 2.69. The van der Waals surface area contributed by atoms with Crippen molar-refractivity contribution in [2.75, 3.05) is 12.4 Å². The lowest BCUT2D eigenvalue weighted by atomic mass is 9.81. The van der Waals surface area contributed by atoms with Gasteiger partial charge in [0, 0.05) is 6.07 Å². The molecule has 0 aromatic heterocycles. The Morgan fingerprint density at radius 3 is 2.57 bits per heavy atom. The average Bonchev–Trinajstić information content (AvgIpc) is 2.76. The highest BCUT2D eigenvalue weighted by molar-refractivity contribution is 5.97. The Hall–Kier alpha value is -2.09. The van der Waals surface area contributed by atoms with Crippen molar-refractivity contribution in [3.8, 4) is 11.8 Å². The number of nitrogens with zero attached hydrogens (tertiary/aromatic N) is 1. The zero-order valence-electron chi connectivity index (χ0n) is 12.1. The molecule has 2 rings (SSSR count). The number of carbonyl (C=O) groups is 1. The van der Waals surface area contributed by atoms with E-state index in [1.165, 1.54) is 25.3 Å². The summed E-state index contributed by atoms with van der Waals surface area (Å²) in [6.07, 6.45) is 4.82. The normalized spacial score (nSPS) is 17.4. The molecule has 1 aromatic carbocycles. The number of nitrogens with one attached hydrogen (secondary N) is 1. The largest absolute Gasteiger partial charge is 0.497 e. The standard InChI is InChI=1S/C16H19FN2O2/c1-21-12-6-7-13(17)14(10-12)19-15(20)16(11-18)8-4-2-3-5-9-16/h6-7,10H,2-5,8-9H2,1H3,(H,19,20). The SMILES string of the molecule is COc1ccc(F)c(NC(=O)C2(C#N)CCCCCC2)c1. The molecule has 1 aliphatic rings. The quantitative estimate of drug-likeness (QED) is 0.864. The van der Waals surface area contributed by atoms with Crippen LogP contribution >= 0.6 is 0 Å². The van der Waals surface area contributed by atoms with Crippen LogP contribution in [0.4, 0.5) is 10.1 Å². The van der Waals surface area contributed by atoms with Crippen LogP contribution in [0.15, 0.2) is 18.2 Å². The van der Waals surface area contributed by atoms with E-state index < -0.39 is 17.1 Å². The molecule has 1 aromatic rings. The van der Waals surface area contributed by atoms with Gasteiger partial charge in [0.1, 0.15) is 17.0 Å². The summed E-state index contributed by atoms with van der Waals surface area (Å²) in [6.45, 7) is 0. The summed E-state index contributed by atoms with van der Waals surface area (Å²) in [5.74, 6) is -0.497. The molecule has 1 N–H and O–H groups in total. The summed E-state index contributed by atoms with van der Waals surface area (Å²) in [7, 11) is 1.47. The Labute approximate surface area is 123 Å². The van der Waals surface area contributed by atoms with Gasteiger partial charge in [-0.2, -0.15) is 5.26 Å². The van der Waals surface area contributed by atoms with Gasteiger partial charge in [-0.3, -0.25) is 4.79 Å². The monoisotopic (exact) mass is 290 g/mol. The maximum atomic E-state index is 13.8. The van der Waals surface area contributed by atoms with E-state index in [9.17, 15) is 14.4 Å². The number of methoxy groups -OCH3 is 1. The fraction of sp³-hybridized carbons (Fsp3) is 0.500. The number of benzene rings is 1. The van der Waals surface area contributed by atoms with E-state index in [-0.39, 0.29) is 5.69 Å². The van der Waals surface area contributed by atoms with Crippen molar-refractivity contribution < 1.29 is 13.9 Å². The molecule has 0 bridgehead atoms. The molecular weight excluding hydrogens is 271 g/mol.